The van der Waals surface area contributed by atoms with Crippen molar-refractivity contribution in [3.63, 3.8) is 0 Å². The Kier molecular flexibility index (Phi) is 4.05. The van der Waals surface area contributed by atoms with E-state index in [9.17, 15) is 9.90 Å². The van der Waals surface area contributed by atoms with Crippen molar-refractivity contribution in [2.24, 2.45) is 0 Å². The van der Waals surface area contributed by atoms with Crippen molar-refractivity contribution >= 4 is 27.8 Å². The summed E-state index contributed by atoms with van der Waals surface area (Å²) < 4.78 is 5.92. The Hall–Kier alpha value is -3.34. The first-order valence-electron chi connectivity index (χ1n) is 8.50. The molecule has 0 aliphatic rings. The molecule has 5 nitrogen and oxygen atoms in total. The molecule has 0 atom stereocenters. The molecule has 4 aromatic rings. The van der Waals surface area contributed by atoms with Gasteiger partial charge in [0.05, 0.1) is 11.7 Å². The number of hydrogen-bond acceptors (Lipinski definition) is 3. The SMILES string of the molecule is CCc1c(C(=O)O)ncc2[nH]c3ccc(OCc4ccccc4)cc3c12. The molecule has 5 heteroatoms. The molecule has 2 heterocycles. The number of fused-ring (bicyclic) bond motifs is 3. The molecular formula is C21H18N2O3. The Balaban J connectivity index is 1.79. The van der Waals surface area contributed by atoms with E-state index in [1.807, 2.05) is 55.5 Å². The van der Waals surface area contributed by atoms with Gasteiger partial charge in [0.2, 0.25) is 0 Å². The standard InChI is InChI=1S/C21H18N2O3/c1-2-15-19-16-10-14(26-12-13-6-4-3-5-7-13)8-9-17(16)23-18(19)11-22-20(15)21(24)25/h3-11,23H,2,12H2,1H3,(H,24,25). The second-order valence-corrected chi connectivity index (χ2v) is 6.14. The smallest absolute Gasteiger partial charge is 0.354 e. The lowest BCUT2D eigenvalue weighted by Gasteiger charge is -2.07. The van der Waals surface area contributed by atoms with E-state index < -0.39 is 5.97 Å². The zero-order valence-corrected chi connectivity index (χ0v) is 14.3. The van der Waals surface area contributed by atoms with Crippen LogP contribution in [0.2, 0.25) is 0 Å². The molecule has 0 saturated carbocycles. The second kappa shape index (κ2) is 6.52. The van der Waals surface area contributed by atoms with Crippen LogP contribution in [0, 0.1) is 0 Å². The highest BCUT2D eigenvalue weighted by Crippen LogP contribution is 2.32. The van der Waals surface area contributed by atoms with Crippen molar-refractivity contribution in [3.05, 3.63) is 71.5 Å². The van der Waals surface area contributed by atoms with Gasteiger partial charge in [-0.1, -0.05) is 37.3 Å². The fraction of sp³-hybridized carbons (Fsp3) is 0.143. The van der Waals surface area contributed by atoms with Crippen LogP contribution < -0.4 is 4.74 Å². The third-order valence-corrected chi connectivity index (χ3v) is 4.51. The second-order valence-electron chi connectivity index (χ2n) is 6.14. The average Bonchev–Trinajstić information content (AvgIpc) is 3.04. The van der Waals surface area contributed by atoms with Crippen molar-refractivity contribution in [2.75, 3.05) is 0 Å². The Labute approximate surface area is 150 Å². The zero-order valence-electron chi connectivity index (χ0n) is 14.3. The average molecular weight is 346 g/mol. The number of carbonyl (C=O) groups is 1. The summed E-state index contributed by atoms with van der Waals surface area (Å²) in [4.78, 5) is 18.9. The summed E-state index contributed by atoms with van der Waals surface area (Å²) in [6.07, 6.45) is 2.18. The van der Waals surface area contributed by atoms with E-state index in [-0.39, 0.29) is 5.69 Å². The number of nitrogens with zero attached hydrogens (tertiary/aromatic N) is 1. The van der Waals surface area contributed by atoms with Gasteiger partial charge in [-0.3, -0.25) is 0 Å². The van der Waals surface area contributed by atoms with Crippen LogP contribution in [0.3, 0.4) is 0 Å². The van der Waals surface area contributed by atoms with Gasteiger partial charge in [-0.05, 0) is 35.7 Å². The largest absolute Gasteiger partial charge is 0.489 e. The monoisotopic (exact) mass is 346 g/mol. The van der Waals surface area contributed by atoms with Crippen molar-refractivity contribution < 1.29 is 14.6 Å². The molecule has 2 aromatic heterocycles. The summed E-state index contributed by atoms with van der Waals surface area (Å²) >= 11 is 0. The molecular weight excluding hydrogens is 328 g/mol. The highest BCUT2D eigenvalue weighted by molar-refractivity contribution is 6.11. The molecule has 2 aromatic carbocycles. The molecule has 0 aliphatic carbocycles. The summed E-state index contributed by atoms with van der Waals surface area (Å²) in [5, 5.41) is 11.3. The minimum atomic E-state index is -1.01. The third kappa shape index (κ3) is 2.77. The molecule has 2 N–H and O–H groups in total. The number of aromatic nitrogens is 2. The number of benzene rings is 2. The van der Waals surface area contributed by atoms with Crippen molar-refractivity contribution in [1.82, 2.24) is 9.97 Å². The zero-order chi connectivity index (χ0) is 18.1. The predicted octanol–water partition coefficient (Wildman–Crippen LogP) is 4.56. The van der Waals surface area contributed by atoms with E-state index in [1.165, 1.54) is 0 Å². The van der Waals surface area contributed by atoms with Crippen molar-refractivity contribution in [2.45, 2.75) is 20.0 Å². The number of H-pyrrole nitrogens is 1. The maximum atomic E-state index is 11.5. The van der Waals surface area contributed by atoms with Gasteiger partial charge in [0.1, 0.15) is 12.4 Å². The van der Waals surface area contributed by atoms with Gasteiger partial charge in [-0.15, -0.1) is 0 Å². The van der Waals surface area contributed by atoms with Crippen molar-refractivity contribution in [1.29, 1.82) is 0 Å². The molecule has 0 amide bonds. The minimum absolute atomic E-state index is 0.108. The molecule has 0 fully saturated rings. The number of ether oxygens (including phenoxy) is 1. The van der Waals surface area contributed by atoms with Gasteiger partial charge in [-0.2, -0.15) is 0 Å². The lowest BCUT2D eigenvalue weighted by molar-refractivity contribution is 0.0689. The summed E-state index contributed by atoms with van der Waals surface area (Å²) in [6, 6.07) is 15.8. The molecule has 0 unspecified atom stereocenters. The van der Waals surface area contributed by atoms with Crippen LogP contribution >= 0.6 is 0 Å². The van der Waals surface area contributed by atoms with Crippen LogP contribution in [0.1, 0.15) is 28.5 Å². The molecule has 26 heavy (non-hydrogen) atoms. The number of hydrogen-bond donors (Lipinski definition) is 2. The predicted molar refractivity (Wildman–Crippen MR) is 101 cm³/mol. The van der Waals surface area contributed by atoms with Gasteiger partial charge in [0.25, 0.3) is 0 Å². The fourth-order valence-electron chi connectivity index (χ4n) is 3.30. The highest BCUT2D eigenvalue weighted by Gasteiger charge is 2.17. The summed E-state index contributed by atoms with van der Waals surface area (Å²) in [5.41, 5.74) is 3.71. The first-order chi connectivity index (χ1) is 12.7. The normalized spacial score (nSPS) is 11.1. The molecule has 4 rings (SSSR count). The summed E-state index contributed by atoms with van der Waals surface area (Å²) in [6.45, 7) is 2.43. The Morgan fingerprint density at radius 3 is 2.69 bits per heavy atom. The topological polar surface area (TPSA) is 75.2 Å². The Morgan fingerprint density at radius 1 is 1.15 bits per heavy atom. The number of aromatic amines is 1. The summed E-state index contributed by atoms with van der Waals surface area (Å²) in [7, 11) is 0. The molecule has 0 radical (unpaired) electrons. The summed E-state index contributed by atoms with van der Waals surface area (Å²) in [5.74, 6) is -0.257. The number of pyridine rings is 1. The molecule has 0 saturated heterocycles. The number of aromatic carboxylic acids is 1. The number of carboxylic acids is 1. The minimum Gasteiger partial charge on any atom is -0.489 e. The van der Waals surface area contributed by atoms with E-state index in [1.54, 1.807) is 6.20 Å². The molecule has 0 aliphatic heterocycles. The molecule has 0 spiro atoms. The van der Waals surface area contributed by atoms with Crippen LogP contribution in [0.5, 0.6) is 5.75 Å². The lowest BCUT2D eigenvalue weighted by atomic mass is 10.0. The third-order valence-electron chi connectivity index (χ3n) is 4.51. The maximum absolute atomic E-state index is 11.5. The Bertz CT molecular complexity index is 1100. The van der Waals surface area contributed by atoms with E-state index in [0.29, 0.717) is 13.0 Å². The van der Waals surface area contributed by atoms with Crippen LogP contribution in [-0.4, -0.2) is 21.0 Å². The number of rotatable bonds is 5. The molecule has 0 bridgehead atoms. The molecule has 130 valence electrons. The van der Waals surface area contributed by atoms with Crippen LogP contribution in [0.15, 0.2) is 54.7 Å². The van der Waals surface area contributed by atoms with E-state index >= 15 is 0 Å². The number of nitrogens with one attached hydrogen (secondary N) is 1. The van der Waals surface area contributed by atoms with Gasteiger partial charge in [0.15, 0.2) is 5.69 Å². The van der Waals surface area contributed by atoms with Gasteiger partial charge in [0, 0.05) is 16.3 Å². The van der Waals surface area contributed by atoms with E-state index in [0.717, 1.165) is 38.7 Å². The highest BCUT2D eigenvalue weighted by atomic mass is 16.5. The number of aryl methyl sites for hydroxylation is 1. The van der Waals surface area contributed by atoms with Crippen molar-refractivity contribution in [3.8, 4) is 5.75 Å². The number of carboxylic acid groups (broad SMARTS) is 1. The van der Waals surface area contributed by atoms with Gasteiger partial charge in [-0.25, -0.2) is 9.78 Å². The quantitative estimate of drug-likeness (QED) is 0.556. The maximum Gasteiger partial charge on any atom is 0.354 e. The Morgan fingerprint density at radius 2 is 1.96 bits per heavy atom. The van der Waals surface area contributed by atoms with Crippen LogP contribution in [0.25, 0.3) is 21.8 Å². The first-order valence-corrected chi connectivity index (χ1v) is 8.50. The van der Waals surface area contributed by atoms with Gasteiger partial charge >= 0.3 is 5.97 Å². The first kappa shape index (κ1) is 16.1. The van der Waals surface area contributed by atoms with Crippen LogP contribution in [-0.2, 0) is 13.0 Å². The van der Waals surface area contributed by atoms with E-state index in [4.69, 9.17) is 4.74 Å². The fourth-order valence-corrected chi connectivity index (χ4v) is 3.30. The van der Waals surface area contributed by atoms with Gasteiger partial charge < -0.3 is 14.8 Å². The lowest BCUT2D eigenvalue weighted by Crippen LogP contribution is -2.05. The van der Waals surface area contributed by atoms with Crippen LogP contribution in [0.4, 0.5) is 0 Å². The van der Waals surface area contributed by atoms with E-state index in [2.05, 4.69) is 9.97 Å².